The van der Waals surface area contributed by atoms with Crippen molar-refractivity contribution in [1.82, 2.24) is 14.8 Å². The minimum Gasteiger partial charge on any atom is -0.350 e. The van der Waals surface area contributed by atoms with E-state index >= 15 is 0 Å². The number of hydrogen-bond donors (Lipinski definition) is 1. The van der Waals surface area contributed by atoms with Crippen molar-refractivity contribution in [1.29, 1.82) is 0 Å². The van der Waals surface area contributed by atoms with Gasteiger partial charge in [-0.15, -0.1) is 11.3 Å². The lowest BCUT2D eigenvalue weighted by atomic mass is 9.95. The van der Waals surface area contributed by atoms with Crippen LogP contribution < -0.4 is 5.32 Å². The van der Waals surface area contributed by atoms with Crippen molar-refractivity contribution in [2.75, 3.05) is 13.1 Å². The summed E-state index contributed by atoms with van der Waals surface area (Å²) in [5, 5.41) is 5.40. The molecular formula is C26H28FN3OS. The molecule has 1 aliphatic rings. The van der Waals surface area contributed by atoms with Crippen LogP contribution in [0.3, 0.4) is 0 Å². The quantitative estimate of drug-likeness (QED) is 0.427. The third-order valence-corrected chi connectivity index (χ3v) is 7.55. The number of aryl methyl sites for hydroxylation is 1. The first-order valence-electron chi connectivity index (χ1n) is 11.2. The summed E-state index contributed by atoms with van der Waals surface area (Å²) >= 11 is 1.60. The maximum Gasteiger partial charge on any atom is 0.261 e. The second-order valence-corrected chi connectivity index (χ2v) is 10.2. The smallest absolute Gasteiger partial charge is 0.261 e. The van der Waals surface area contributed by atoms with Gasteiger partial charge in [0.25, 0.3) is 5.91 Å². The largest absolute Gasteiger partial charge is 0.350 e. The van der Waals surface area contributed by atoms with Crippen LogP contribution in [0.4, 0.5) is 4.39 Å². The lowest BCUT2D eigenvalue weighted by Gasteiger charge is -2.17. The Morgan fingerprint density at radius 3 is 2.84 bits per heavy atom. The van der Waals surface area contributed by atoms with E-state index in [0.717, 1.165) is 41.8 Å². The van der Waals surface area contributed by atoms with Crippen molar-refractivity contribution in [2.45, 2.75) is 38.8 Å². The van der Waals surface area contributed by atoms with Gasteiger partial charge in [0, 0.05) is 48.4 Å². The van der Waals surface area contributed by atoms with Crippen LogP contribution in [0.2, 0.25) is 0 Å². The zero-order chi connectivity index (χ0) is 22.4. The number of halogens is 1. The number of fused-ring (bicyclic) bond motifs is 2. The molecule has 4 aromatic rings. The van der Waals surface area contributed by atoms with E-state index in [1.807, 2.05) is 37.6 Å². The predicted molar refractivity (Wildman–Crippen MR) is 130 cm³/mol. The molecule has 6 heteroatoms. The molecule has 166 valence electrons. The first kappa shape index (κ1) is 21.2. The van der Waals surface area contributed by atoms with E-state index in [1.165, 1.54) is 27.3 Å². The zero-order valence-electron chi connectivity index (χ0n) is 18.7. The molecule has 5 rings (SSSR count). The van der Waals surface area contributed by atoms with Crippen molar-refractivity contribution in [3.8, 4) is 0 Å². The number of likely N-dealkylation sites (tertiary alicyclic amines) is 1. The number of hydrogen-bond acceptors (Lipinski definition) is 3. The molecule has 0 bridgehead atoms. The van der Waals surface area contributed by atoms with Gasteiger partial charge in [0.15, 0.2) is 0 Å². The maximum absolute atomic E-state index is 13.7. The summed E-state index contributed by atoms with van der Waals surface area (Å²) < 4.78 is 16.9. The topological polar surface area (TPSA) is 37.3 Å². The molecular weight excluding hydrogens is 421 g/mol. The molecule has 3 heterocycles. The van der Waals surface area contributed by atoms with E-state index in [9.17, 15) is 9.18 Å². The molecule has 0 spiro atoms. The van der Waals surface area contributed by atoms with Crippen LogP contribution in [0.25, 0.3) is 21.0 Å². The molecule has 1 atom stereocenters. The highest BCUT2D eigenvalue weighted by atomic mass is 32.1. The molecule has 32 heavy (non-hydrogen) atoms. The molecule has 1 saturated heterocycles. The van der Waals surface area contributed by atoms with Crippen LogP contribution in [-0.2, 0) is 13.6 Å². The van der Waals surface area contributed by atoms with Crippen molar-refractivity contribution in [3.63, 3.8) is 0 Å². The van der Waals surface area contributed by atoms with Crippen molar-refractivity contribution < 1.29 is 9.18 Å². The van der Waals surface area contributed by atoms with E-state index in [1.54, 1.807) is 17.4 Å². The molecule has 1 fully saturated rings. The zero-order valence-corrected chi connectivity index (χ0v) is 19.5. The highest BCUT2D eigenvalue weighted by molar-refractivity contribution is 7.21. The third kappa shape index (κ3) is 3.82. The Kier molecular flexibility index (Phi) is 5.51. The minimum absolute atomic E-state index is 0.0331. The Hall–Kier alpha value is -2.70. The van der Waals surface area contributed by atoms with E-state index in [0.29, 0.717) is 5.92 Å². The molecule has 0 radical (unpaired) electrons. The summed E-state index contributed by atoms with van der Waals surface area (Å²) in [7, 11) is 1.97. The summed E-state index contributed by atoms with van der Waals surface area (Å²) in [5.74, 6) is 0.153. The van der Waals surface area contributed by atoms with Gasteiger partial charge in [-0.2, -0.15) is 0 Å². The number of aromatic nitrogens is 1. The average molecular weight is 450 g/mol. The normalized spacial score (nSPS) is 17.1. The lowest BCUT2D eigenvalue weighted by molar-refractivity contribution is 0.0946. The SMILES string of the molecule is CC(C)NC(=O)c1sc2ccccc2c1[C@@H]1CCN(Cc2cn(C)c3cc(F)ccc23)C1. The monoisotopic (exact) mass is 449 g/mol. The van der Waals surface area contributed by atoms with Gasteiger partial charge in [-0.25, -0.2) is 4.39 Å². The van der Waals surface area contributed by atoms with Gasteiger partial charge in [-0.1, -0.05) is 18.2 Å². The fourth-order valence-corrected chi connectivity index (χ4v) is 6.18. The number of nitrogens with zero attached hydrogens (tertiary/aromatic N) is 2. The van der Waals surface area contributed by atoms with Crippen LogP contribution >= 0.6 is 11.3 Å². The Balaban J connectivity index is 1.43. The number of thiophene rings is 1. The molecule has 2 aromatic heterocycles. The number of nitrogens with one attached hydrogen (secondary N) is 1. The van der Waals surface area contributed by atoms with Gasteiger partial charge in [0.2, 0.25) is 0 Å². The number of rotatable bonds is 5. The van der Waals surface area contributed by atoms with Crippen molar-refractivity contribution in [2.24, 2.45) is 7.05 Å². The van der Waals surface area contributed by atoms with Crippen LogP contribution in [0.1, 0.15) is 47.0 Å². The summed E-state index contributed by atoms with van der Waals surface area (Å²) in [6, 6.07) is 13.5. The lowest BCUT2D eigenvalue weighted by Crippen LogP contribution is -2.30. The standard InChI is InChI=1S/C26H28FN3OS/c1-16(2)28-26(31)25-24(21-6-4-5-7-23(21)32-25)17-10-11-30(14-17)15-18-13-29(3)22-12-19(27)8-9-20(18)22/h4-9,12-13,16-17H,10-11,14-15H2,1-3H3,(H,28,31)/t17-/m1/s1. The molecule has 4 nitrogen and oxygen atoms in total. The van der Waals surface area contributed by atoms with Gasteiger partial charge in [0.1, 0.15) is 5.82 Å². The van der Waals surface area contributed by atoms with Gasteiger partial charge >= 0.3 is 0 Å². The van der Waals surface area contributed by atoms with Gasteiger partial charge < -0.3 is 9.88 Å². The fraction of sp³-hybridized carbons (Fsp3) is 0.346. The van der Waals surface area contributed by atoms with Crippen LogP contribution in [0, 0.1) is 5.82 Å². The van der Waals surface area contributed by atoms with E-state index < -0.39 is 0 Å². The second kappa shape index (κ2) is 8.34. The van der Waals surface area contributed by atoms with Crippen molar-refractivity contribution in [3.05, 3.63) is 70.5 Å². The maximum atomic E-state index is 13.7. The summed E-state index contributed by atoms with van der Waals surface area (Å²) in [6.45, 7) is 6.73. The van der Waals surface area contributed by atoms with E-state index in [-0.39, 0.29) is 17.8 Å². The highest BCUT2D eigenvalue weighted by Gasteiger charge is 2.31. The van der Waals surface area contributed by atoms with Crippen molar-refractivity contribution >= 4 is 38.2 Å². The van der Waals surface area contributed by atoms with Crippen LogP contribution in [0.15, 0.2) is 48.7 Å². The molecule has 2 aromatic carbocycles. The molecule has 1 aliphatic heterocycles. The Morgan fingerprint density at radius 2 is 2.03 bits per heavy atom. The summed E-state index contributed by atoms with van der Waals surface area (Å²) in [5.41, 5.74) is 3.34. The number of carbonyl (C=O) groups is 1. The Bertz CT molecular complexity index is 1310. The summed E-state index contributed by atoms with van der Waals surface area (Å²) in [4.78, 5) is 16.3. The molecule has 0 aliphatic carbocycles. The Morgan fingerprint density at radius 1 is 1.22 bits per heavy atom. The van der Waals surface area contributed by atoms with Gasteiger partial charge in [-0.05, 0) is 67.6 Å². The molecule has 1 N–H and O–H groups in total. The first-order valence-corrected chi connectivity index (χ1v) is 12.0. The van der Waals surface area contributed by atoms with Gasteiger partial charge in [-0.3, -0.25) is 9.69 Å². The van der Waals surface area contributed by atoms with Crippen LogP contribution in [0.5, 0.6) is 0 Å². The average Bonchev–Trinajstić information content (AvgIpc) is 3.44. The van der Waals surface area contributed by atoms with E-state index in [2.05, 4.69) is 34.6 Å². The second-order valence-electron chi connectivity index (χ2n) is 9.12. The molecule has 0 saturated carbocycles. The predicted octanol–water partition coefficient (Wildman–Crippen LogP) is 5.66. The molecule has 1 amide bonds. The summed E-state index contributed by atoms with van der Waals surface area (Å²) in [6.07, 6.45) is 3.14. The number of benzene rings is 2. The minimum atomic E-state index is -0.206. The third-order valence-electron chi connectivity index (χ3n) is 6.37. The van der Waals surface area contributed by atoms with Crippen LogP contribution in [-0.4, -0.2) is 34.5 Å². The first-order chi connectivity index (χ1) is 15.4. The highest BCUT2D eigenvalue weighted by Crippen LogP contribution is 2.40. The van der Waals surface area contributed by atoms with Gasteiger partial charge in [0.05, 0.1) is 10.4 Å². The molecule has 0 unspecified atom stereocenters. The van der Waals surface area contributed by atoms with E-state index in [4.69, 9.17) is 0 Å². The fourth-order valence-electron chi connectivity index (χ4n) is 4.99. The Labute approximate surface area is 191 Å². The number of amides is 1. The number of carbonyl (C=O) groups excluding carboxylic acids is 1.